The summed E-state index contributed by atoms with van der Waals surface area (Å²) in [5.74, 6) is 5.86. The molecule has 0 fully saturated rings. The highest BCUT2D eigenvalue weighted by atomic mass is 16.2. The Labute approximate surface area is 111 Å². The van der Waals surface area contributed by atoms with E-state index in [4.69, 9.17) is 10.8 Å². The number of nitrogen functional groups attached to an aromatic ring is 1. The minimum Gasteiger partial charge on any atom is -0.400 e. The van der Waals surface area contributed by atoms with Crippen LogP contribution in [0.5, 0.6) is 0 Å². The Morgan fingerprint density at radius 2 is 1.83 bits per heavy atom. The number of nitrogens with one attached hydrogen (secondary N) is 1. The molecule has 0 unspecified atom stereocenters. The van der Waals surface area contributed by atoms with Gasteiger partial charge in [0.2, 0.25) is 0 Å². The summed E-state index contributed by atoms with van der Waals surface area (Å²) in [7, 11) is 4.75. The molecule has 3 heteroatoms. The molecule has 4 N–H and O–H groups in total. The number of nitrogens with two attached hydrogens (primary N) is 1. The monoisotopic (exact) mass is 250 g/mol. The van der Waals surface area contributed by atoms with Crippen molar-refractivity contribution in [2.45, 2.75) is 26.7 Å². The van der Waals surface area contributed by atoms with E-state index in [2.05, 4.69) is 36.2 Å². The van der Waals surface area contributed by atoms with Crippen molar-refractivity contribution < 1.29 is 5.11 Å². The van der Waals surface area contributed by atoms with Crippen LogP contribution in [0.3, 0.4) is 0 Å². The van der Waals surface area contributed by atoms with E-state index in [1.807, 2.05) is 27.1 Å². The molecule has 0 heterocycles. The Morgan fingerprint density at radius 3 is 2.28 bits per heavy atom. The summed E-state index contributed by atoms with van der Waals surface area (Å²) >= 11 is 0. The van der Waals surface area contributed by atoms with Gasteiger partial charge in [0.1, 0.15) is 0 Å². The first kappa shape index (κ1) is 18.9. The molecule has 0 spiro atoms. The van der Waals surface area contributed by atoms with E-state index in [0.717, 1.165) is 31.2 Å². The van der Waals surface area contributed by atoms with Crippen molar-refractivity contribution in [2.24, 2.45) is 0 Å². The highest BCUT2D eigenvalue weighted by Gasteiger charge is 1.97. The minimum atomic E-state index is 0.772. The Hall–Kier alpha value is -1.50. The molecule has 0 bridgehead atoms. The van der Waals surface area contributed by atoms with E-state index >= 15 is 0 Å². The quantitative estimate of drug-likeness (QED) is 0.556. The van der Waals surface area contributed by atoms with Crippen molar-refractivity contribution in [1.29, 1.82) is 0 Å². The Bertz CT molecular complexity index is 364. The minimum absolute atomic E-state index is 0.772. The average molecular weight is 250 g/mol. The molecule has 0 aliphatic rings. The topological polar surface area (TPSA) is 58.3 Å². The molecule has 0 saturated heterocycles. The Balaban J connectivity index is 0. The maximum absolute atomic E-state index is 7.00. The van der Waals surface area contributed by atoms with Gasteiger partial charge in [-0.25, -0.2) is 0 Å². The molecule has 0 amide bonds. The van der Waals surface area contributed by atoms with Crippen molar-refractivity contribution in [3.63, 3.8) is 0 Å². The molecular formula is C15H26N2O. The van der Waals surface area contributed by atoms with Crippen LogP contribution in [-0.4, -0.2) is 26.3 Å². The van der Waals surface area contributed by atoms with Crippen molar-refractivity contribution >= 4 is 5.69 Å². The van der Waals surface area contributed by atoms with E-state index in [9.17, 15) is 0 Å². The fourth-order valence-electron chi connectivity index (χ4n) is 1.29. The van der Waals surface area contributed by atoms with E-state index < -0.39 is 0 Å². The number of benzene rings is 1. The summed E-state index contributed by atoms with van der Waals surface area (Å²) < 4.78 is 0. The zero-order valence-corrected chi connectivity index (χ0v) is 12.2. The molecule has 0 aliphatic heterocycles. The van der Waals surface area contributed by atoms with Crippen LogP contribution in [0, 0.1) is 11.8 Å². The summed E-state index contributed by atoms with van der Waals surface area (Å²) in [5, 5.41) is 9.75. The highest BCUT2D eigenvalue weighted by Crippen LogP contribution is 2.14. The van der Waals surface area contributed by atoms with Crippen LogP contribution in [0.25, 0.3) is 0 Å². The molecule has 0 saturated carbocycles. The zero-order valence-electron chi connectivity index (χ0n) is 12.2. The van der Waals surface area contributed by atoms with Crippen LogP contribution in [-0.2, 0) is 6.42 Å². The van der Waals surface area contributed by atoms with Crippen molar-refractivity contribution in [3.05, 3.63) is 29.3 Å². The highest BCUT2D eigenvalue weighted by molar-refractivity contribution is 5.57. The lowest BCUT2D eigenvalue weighted by molar-refractivity contribution is 0.399. The molecule has 1 rings (SSSR count). The molecule has 1 aromatic carbocycles. The lowest BCUT2D eigenvalue weighted by Crippen LogP contribution is -1.92. The van der Waals surface area contributed by atoms with Crippen LogP contribution < -0.4 is 11.1 Å². The first-order valence-electron chi connectivity index (χ1n) is 6.03. The van der Waals surface area contributed by atoms with E-state index in [1.165, 1.54) is 5.56 Å². The van der Waals surface area contributed by atoms with Gasteiger partial charge in [0.15, 0.2) is 0 Å². The largest absolute Gasteiger partial charge is 0.400 e. The maximum atomic E-state index is 7.00. The molecule has 0 aromatic heterocycles. The summed E-state index contributed by atoms with van der Waals surface area (Å²) in [6, 6.07) is 6.08. The fraction of sp³-hybridized carbons (Fsp3) is 0.467. The van der Waals surface area contributed by atoms with Gasteiger partial charge in [-0.05, 0) is 45.1 Å². The molecule has 102 valence electrons. The first-order chi connectivity index (χ1) is 8.69. The van der Waals surface area contributed by atoms with Crippen LogP contribution in [0.4, 0.5) is 5.69 Å². The number of hydrogen-bond acceptors (Lipinski definition) is 3. The molecule has 1 aromatic rings. The number of hydrogen-bond donors (Lipinski definition) is 3. The van der Waals surface area contributed by atoms with Crippen LogP contribution >= 0.6 is 0 Å². The van der Waals surface area contributed by atoms with Gasteiger partial charge in [-0.3, -0.25) is 0 Å². The third-order valence-electron chi connectivity index (χ3n) is 1.92. The van der Waals surface area contributed by atoms with Gasteiger partial charge in [0, 0.05) is 18.4 Å². The van der Waals surface area contributed by atoms with Crippen LogP contribution in [0.15, 0.2) is 18.2 Å². The second-order valence-corrected chi connectivity index (χ2v) is 3.55. The predicted molar refractivity (Wildman–Crippen MR) is 80.5 cm³/mol. The normalized spacial score (nSPS) is 7.89. The van der Waals surface area contributed by atoms with Gasteiger partial charge in [0.25, 0.3) is 0 Å². The van der Waals surface area contributed by atoms with Gasteiger partial charge in [-0.15, -0.1) is 5.92 Å². The van der Waals surface area contributed by atoms with Crippen molar-refractivity contribution in [1.82, 2.24) is 5.32 Å². The van der Waals surface area contributed by atoms with Crippen LogP contribution in [0.1, 0.15) is 31.4 Å². The van der Waals surface area contributed by atoms with Crippen molar-refractivity contribution in [3.8, 4) is 11.8 Å². The SMILES string of the molecule is CC#Cc1cc(CCC)ccc1N.CNC.CO. The lowest BCUT2D eigenvalue weighted by Gasteiger charge is -2.02. The number of anilines is 1. The third-order valence-corrected chi connectivity index (χ3v) is 1.92. The van der Waals surface area contributed by atoms with Gasteiger partial charge in [0.05, 0.1) is 0 Å². The summed E-state index contributed by atoms with van der Waals surface area (Å²) in [5.41, 5.74) is 8.81. The fourth-order valence-corrected chi connectivity index (χ4v) is 1.29. The molecule has 0 atom stereocenters. The number of rotatable bonds is 2. The maximum Gasteiger partial charge on any atom is 0.0477 e. The third kappa shape index (κ3) is 8.63. The van der Waals surface area contributed by atoms with Crippen LogP contribution in [0.2, 0.25) is 0 Å². The zero-order chi connectivity index (χ0) is 14.4. The Morgan fingerprint density at radius 1 is 1.28 bits per heavy atom. The smallest absolute Gasteiger partial charge is 0.0477 e. The second kappa shape index (κ2) is 13.6. The standard InChI is InChI=1S/C12H15N.C2H7N.CH4O/c1-3-5-10-7-8-12(13)11(9-10)6-4-2;1-3-2;1-2/h7-9H,3,5,13H2,1-2H3;3H,1-2H3;2H,1H3. The molecule has 18 heavy (non-hydrogen) atoms. The summed E-state index contributed by atoms with van der Waals surface area (Å²) in [4.78, 5) is 0. The molecule has 0 aliphatic carbocycles. The average Bonchev–Trinajstić information content (AvgIpc) is 2.37. The number of aliphatic hydroxyl groups is 1. The van der Waals surface area contributed by atoms with Gasteiger partial charge in [-0.2, -0.15) is 0 Å². The molecule has 0 radical (unpaired) electrons. The lowest BCUT2D eigenvalue weighted by atomic mass is 10.1. The van der Waals surface area contributed by atoms with Crippen molar-refractivity contribution in [2.75, 3.05) is 26.9 Å². The molecule has 3 nitrogen and oxygen atoms in total. The number of aliphatic hydroxyl groups excluding tert-OH is 1. The Kier molecular flexibility index (Phi) is 14.2. The summed E-state index contributed by atoms with van der Waals surface area (Å²) in [6.45, 7) is 3.99. The first-order valence-corrected chi connectivity index (χ1v) is 6.03. The van der Waals surface area contributed by atoms with Gasteiger partial charge in [-0.1, -0.05) is 25.3 Å². The van der Waals surface area contributed by atoms with E-state index in [0.29, 0.717) is 0 Å². The van der Waals surface area contributed by atoms with Gasteiger partial charge >= 0.3 is 0 Å². The second-order valence-electron chi connectivity index (χ2n) is 3.55. The number of aryl methyl sites for hydroxylation is 1. The van der Waals surface area contributed by atoms with E-state index in [-0.39, 0.29) is 0 Å². The molecular weight excluding hydrogens is 224 g/mol. The predicted octanol–water partition coefficient (Wildman–Crippen LogP) is 2.04. The van der Waals surface area contributed by atoms with E-state index in [1.54, 1.807) is 0 Å². The summed E-state index contributed by atoms with van der Waals surface area (Å²) in [6.07, 6.45) is 2.25. The van der Waals surface area contributed by atoms with Gasteiger partial charge < -0.3 is 16.2 Å².